The minimum absolute atomic E-state index is 0.0651. The van der Waals surface area contributed by atoms with E-state index in [4.69, 9.17) is 23.2 Å². The molecule has 0 aliphatic carbocycles. The summed E-state index contributed by atoms with van der Waals surface area (Å²) in [6, 6.07) is 4.83. The van der Waals surface area contributed by atoms with Gasteiger partial charge in [-0.25, -0.2) is 0 Å². The first-order valence-corrected chi connectivity index (χ1v) is 6.23. The molecule has 1 unspecified atom stereocenters. The molecule has 15 heavy (non-hydrogen) atoms. The molecule has 1 aromatic rings. The second-order valence-electron chi connectivity index (χ2n) is 3.19. The zero-order valence-corrected chi connectivity index (χ0v) is 11.2. The number of hydrogen-bond acceptors (Lipinski definition) is 1. The van der Waals surface area contributed by atoms with Crippen molar-refractivity contribution < 1.29 is 4.79 Å². The second kappa shape index (κ2) is 5.73. The number of alkyl halides is 1. The van der Waals surface area contributed by atoms with Crippen LogP contribution in [0.1, 0.15) is 17.3 Å². The smallest absolute Gasteiger partial charge is 0.251 e. The summed E-state index contributed by atoms with van der Waals surface area (Å²) < 4.78 is 0. The Bertz CT molecular complexity index is 350. The summed E-state index contributed by atoms with van der Waals surface area (Å²) in [6.45, 7) is 1.90. The van der Waals surface area contributed by atoms with E-state index in [9.17, 15) is 4.79 Å². The van der Waals surface area contributed by atoms with Crippen LogP contribution in [0.25, 0.3) is 0 Å². The Balaban J connectivity index is 2.82. The van der Waals surface area contributed by atoms with Gasteiger partial charge in [-0.1, -0.05) is 39.1 Å². The molecule has 0 saturated carbocycles. The molecule has 82 valence electrons. The lowest BCUT2D eigenvalue weighted by Gasteiger charge is -2.10. The van der Waals surface area contributed by atoms with E-state index in [0.29, 0.717) is 20.9 Å². The lowest BCUT2D eigenvalue weighted by Crippen LogP contribution is -2.33. The second-order valence-corrected chi connectivity index (χ2v) is 4.71. The molecule has 1 rings (SSSR count). The number of benzene rings is 1. The quantitative estimate of drug-likeness (QED) is 0.851. The first-order chi connectivity index (χ1) is 7.02. The highest BCUT2D eigenvalue weighted by atomic mass is 79.9. The van der Waals surface area contributed by atoms with Crippen molar-refractivity contribution in [1.29, 1.82) is 0 Å². The van der Waals surface area contributed by atoms with Crippen LogP contribution in [0.5, 0.6) is 0 Å². The fourth-order valence-electron chi connectivity index (χ4n) is 1.03. The third-order valence-corrected chi connectivity index (χ3v) is 3.14. The van der Waals surface area contributed by atoms with Crippen molar-refractivity contribution in [1.82, 2.24) is 5.32 Å². The minimum atomic E-state index is -0.175. The average Bonchev–Trinajstić information content (AvgIpc) is 2.16. The van der Waals surface area contributed by atoms with E-state index in [-0.39, 0.29) is 11.9 Å². The van der Waals surface area contributed by atoms with Crippen molar-refractivity contribution in [2.75, 3.05) is 5.33 Å². The van der Waals surface area contributed by atoms with Gasteiger partial charge in [0.1, 0.15) is 0 Å². The van der Waals surface area contributed by atoms with Crippen LogP contribution in [0.3, 0.4) is 0 Å². The molecule has 2 nitrogen and oxygen atoms in total. The number of halogens is 3. The number of carbonyl (C=O) groups excluding carboxylic acids is 1. The lowest BCUT2D eigenvalue weighted by atomic mass is 10.2. The SMILES string of the molecule is CC(CBr)NC(=O)c1cc(Cl)cc(Cl)c1. The van der Waals surface area contributed by atoms with Crippen LogP contribution in [0.2, 0.25) is 10.0 Å². The summed E-state index contributed by atoms with van der Waals surface area (Å²) in [5.41, 5.74) is 0.473. The fraction of sp³-hybridized carbons (Fsp3) is 0.300. The first kappa shape index (κ1) is 12.8. The van der Waals surface area contributed by atoms with Gasteiger partial charge < -0.3 is 5.32 Å². The monoisotopic (exact) mass is 309 g/mol. The van der Waals surface area contributed by atoms with E-state index < -0.39 is 0 Å². The van der Waals surface area contributed by atoms with Gasteiger partial charge in [0, 0.05) is 27.0 Å². The van der Waals surface area contributed by atoms with E-state index in [1.54, 1.807) is 18.2 Å². The highest BCUT2D eigenvalue weighted by Gasteiger charge is 2.10. The van der Waals surface area contributed by atoms with Crippen molar-refractivity contribution in [3.05, 3.63) is 33.8 Å². The number of rotatable bonds is 3. The fourth-order valence-corrected chi connectivity index (χ4v) is 1.72. The van der Waals surface area contributed by atoms with Crippen molar-refractivity contribution in [2.45, 2.75) is 13.0 Å². The van der Waals surface area contributed by atoms with Gasteiger partial charge in [0.2, 0.25) is 0 Å². The first-order valence-electron chi connectivity index (χ1n) is 4.36. The standard InChI is InChI=1S/C10H10BrCl2NO/c1-6(5-11)14-10(15)7-2-8(12)4-9(13)3-7/h2-4,6H,5H2,1H3,(H,14,15). The molecule has 0 fully saturated rings. The van der Waals surface area contributed by atoms with E-state index in [2.05, 4.69) is 21.2 Å². The molecule has 1 N–H and O–H groups in total. The molecule has 1 aromatic carbocycles. The maximum absolute atomic E-state index is 11.7. The average molecular weight is 311 g/mol. The largest absolute Gasteiger partial charge is 0.349 e. The van der Waals surface area contributed by atoms with Crippen LogP contribution in [0, 0.1) is 0 Å². The predicted molar refractivity (Wildman–Crippen MR) is 67.2 cm³/mol. The Kier molecular flexibility index (Phi) is 4.90. The van der Waals surface area contributed by atoms with Gasteiger partial charge in [-0.15, -0.1) is 0 Å². The minimum Gasteiger partial charge on any atom is -0.349 e. The molecule has 0 saturated heterocycles. The van der Waals surface area contributed by atoms with E-state index in [1.165, 1.54) is 0 Å². The van der Waals surface area contributed by atoms with Crippen molar-refractivity contribution in [3.8, 4) is 0 Å². The zero-order valence-electron chi connectivity index (χ0n) is 8.06. The van der Waals surface area contributed by atoms with Gasteiger partial charge in [0.25, 0.3) is 5.91 Å². The summed E-state index contributed by atoms with van der Waals surface area (Å²) in [4.78, 5) is 11.7. The van der Waals surface area contributed by atoms with Crippen LogP contribution < -0.4 is 5.32 Å². The number of hydrogen-bond donors (Lipinski definition) is 1. The van der Waals surface area contributed by atoms with Crippen LogP contribution >= 0.6 is 39.1 Å². The maximum atomic E-state index is 11.7. The van der Waals surface area contributed by atoms with Gasteiger partial charge in [-0.05, 0) is 25.1 Å². The van der Waals surface area contributed by atoms with Gasteiger partial charge in [0.15, 0.2) is 0 Å². The molecule has 5 heteroatoms. The molecule has 0 aliphatic rings. The Morgan fingerprint density at radius 2 is 1.93 bits per heavy atom. The summed E-state index contributed by atoms with van der Waals surface area (Å²) in [5.74, 6) is -0.175. The molecule has 0 heterocycles. The molecule has 0 aromatic heterocycles. The Hall–Kier alpha value is -0.250. The van der Waals surface area contributed by atoms with Crippen molar-refractivity contribution >= 4 is 45.0 Å². The van der Waals surface area contributed by atoms with E-state index in [1.807, 2.05) is 6.92 Å². The molecule has 0 spiro atoms. The highest BCUT2D eigenvalue weighted by molar-refractivity contribution is 9.09. The third-order valence-electron chi connectivity index (χ3n) is 1.73. The Labute approximate surface area is 107 Å². The lowest BCUT2D eigenvalue weighted by molar-refractivity contribution is 0.0944. The summed E-state index contributed by atoms with van der Waals surface area (Å²) in [6.07, 6.45) is 0. The Morgan fingerprint density at radius 1 is 1.40 bits per heavy atom. The van der Waals surface area contributed by atoms with Crippen molar-refractivity contribution in [2.24, 2.45) is 0 Å². The molecule has 0 bridgehead atoms. The van der Waals surface area contributed by atoms with Crippen LogP contribution in [0.4, 0.5) is 0 Å². The van der Waals surface area contributed by atoms with Crippen LogP contribution in [-0.4, -0.2) is 17.3 Å². The topological polar surface area (TPSA) is 29.1 Å². The van der Waals surface area contributed by atoms with Crippen LogP contribution in [-0.2, 0) is 0 Å². The van der Waals surface area contributed by atoms with E-state index in [0.717, 1.165) is 0 Å². The predicted octanol–water partition coefficient (Wildman–Crippen LogP) is 3.51. The summed E-state index contributed by atoms with van der Waals surface area (Å²) in [5, 5.41) is 4.41. The van der Waals surface area contributed by atoms with Gasteiger partial charge in [-0.3, -0.25) is 4.79 Å². The van der Waals surface area contributed by atoms with Crippen LogP contribution in [0.15, 0.2) is 18.2 Å². The number of amides is 1. The third kappa shape index (κ3) is 4.01. The summed E-state index contributed by atoms with van der Waals surface area (Å²) >= 11 is 14.9. The molecular weight excluding hydrogens is 301 g/mol. The van der Waals surface area contributed by atoms with Gasteiger partial charge in [-0.2, -0.15) is 0 Å². The Morgan fingerprint density at radius 3 is 2.40 bits per heavy atom. The molecule has 1 amide bonds. The van der Waals surface area contributed by atoms with Crippen molar-refractivity contribution in [3.63, 3.8) is 0 Å². The number of nitrogens with one attached hydrogen (secondary N) is 1. The molecule has 0 aliphatic heterocycles. The summed E-state index contributed by atoms with van der Waals surface area (Å²) in [7, 11) is 0. The van der Waals surface area contributed by atoms with E-state index >= 15 is 0 Å². The number of carbonyl (C=O) groups is 1. The highest BCUT2D eigenvalue weighted by Crippen LogP contribution is 2.19. The molecule has 1 atom stereocenters. The van der Waals surface area contributed by atoms with Gasteiger partial charge in [0.05, 0.1) is 0 Å². The molecular formula is C10H10BrCl2NO. The zero-order chi connectivity index (χ0) is 11.4. The van der Waals surface area contributed by atoms with Gasteiger partial charge >= 0.3 is 0 Å². The maximum Gasteiger partial charge on any atom is 0.251 e. The molecule has 0 radical (unpaired) electrons. The normalized spacial score (nSPS) is 12.3.